The maximum absolute atomic E-state index is 12.7. The number of hydrogen-bond donors (Lipinski definition) is 2. The molecule has 0 aliphatic carbocycles. The molecule has 2 heterocycles. The number of ketones is 1. The van der Waals surface area contributed by atoms with E-state index in [0.29, 0.717) is 28.3 Å². The molecule has 0 unspecified atom stereocenters. The summed E-state index contributed by atoms with van der Waals surface area (Å²) in [5.41, 5.74) is 7.04. The fourth-order valence-corrected chi connectivity index (χ4v) is 4.22. The minimum absolute atomic E-state index is 0.0141. The van der Waals surface area contributed by atoms with Crippen molar-refractivity contribution in [1.82, 2.24) is 4.98 Å². The average Bonchev–Trinajstić information content (AvgIpc) is 2.64. The van der Waals surface area contributed by atoms with Gasteiger partial charge < -0.3 is 15.8 Å². The first-order valence-electron chi connectivity index (χ1n) is 9.10. The standard InChI is InChI=1S/C20H24N4O4S/c1-20(2,10-15(25)13-7-8-23-17(9-13)22-3)12-28-16-6-4-5-14-11-29(26,27)24-19(21)18(14)16/h4-9H,10-12H2,1-3H3,(H2,21,24)(H,22,23). The summed E-state index contributed by atoms with van der Waals surface area (Å²) in [7, 11) is -1.86. The minimum atomic E-state index is -3.61. The molecular formula is C20H24N4O4S. The Morgan fingerprint density at radius 1 is 1.31 bits per heavy atom. The molecule has 0 bridgehead atoms. The zero-order valence-corrected chi connectivity index (χ0v) is 17.4. The van der Waals surface area contributed by atoms with E-state index in [1.165, 1.54) is 0 Å². The number of carbonyl (C=O) groups is 1. The van der Waals surface area contributed by atoms with E-state index < -0.39 is 15.4 Å². The van der Waals surface area contributed by atoms with Gasteiger partial charge in [0.05, 0.1) is 17.9 Å². The molecule has 1 aliphatic rings. The molecular weight excluding hydrogens is 392 g/mol. The number of rotatable bonds is 7. The van der Waals surface area contributed by atoms with Crippen LogP contribution < -0.4 is 15.8 Å². The van der Waals surface area contributed by atoms with Gasteiger partial charge in [0.2, 0.25) is 0 Å². The van der Waals surface area contributed by atoms with Gasteiger partial charge in [0.25, 0.3) is 10.0 Å². The Hall–Kier alpha value is -2.94. The predicted molar refractivity (Wildman–Crippen MR) is 112 cm³/mol. The van der Waals surface area contributed by atoms with Crippen molar-refractivity contribution in [3.8, 4) is 5.75 Å². The largest absolute Gasteiger partial charge is 0.492 e. The van der Waals surface area contributed by atoms with E-state index in [-0.39, 0.29) is 30.4 Å². The Labute approximate surface area is 170 Å². The lowest BCUT2D eigenvalue weighted by atomic mass is 9.86. The Balaban J connectivity index is 1.73. The van der Waals surface area contributed by atoms with E-state index in [1.807, 2.05) is 13.8 Å². The van der Waals surface area contributed by atoms with Crippen molar-refractivity contribution in [2.75, 3.05) is 19.0 Å². The fourth-order valence-electron chi connectivity index (χ4n) is 3.13. The van der Waals surface area contributed by atoms with Crippen LogP contribution in [-0.4, -0.2) is 38.7 Å². The van der Waals surface area contributed by atoms with E-state index in [0.717, 1.165) is 0 Å². The van der Waals surface area contributed by atoms with Crippen LogP contribution in [0.1, 0.15) is 41.8 Å². The van der Waals surface area contributed by atoms with E-state index in [2.05, 4.69) is 14.7 Å². The van der Waals surface area contributed by atoms with Crippen LogP contribution in [0.4, 0.5) is 5.82 Å². The van der Waals surface area contributed by atoms with Gasteiger partial charge in [-0.3, -0.25) is 4.79 Å². The van der Waals surface area contributed by atoms with Crippen LogP contribution in [0, 0.1) is 5.41 Å². The molecule has 0 saturated heterocycles. The van der Waals surface area contributed by atoms with Gasteiger partial charge in [-0.1, -0.05) is 26.0 Å². The molecule has 3 rings (SSSR count). The van der Waals surface area contributed by atoms with Gasteiger partial charge >= 0.3 is 0 Å². The summed E-state index contributed by atoms with van der Waals surface area (Å²) in [6.07, 6.45) is 1.86. The molecule has 0 amide bonds. The molecule has 2 aromatic rings. The second kappa shape index (κ2) is 7.82. The van der Waals surface area contributed by atoms with Crippen LogP contribution in [0.5, 0.6) is 5.75 Å². The van der Waals surface area contributed by atoms with Crippen LogP contribution in [0.2, 0.25) is 0 Å². The number of pyridine rings is 1. The van der Waals surface area contributed by atoms with E-state index in [4.69, 9.17) is 10.5 Å². The summed E-state index contributed by atoms with van der Waals surface area (Å²) < 4.78 is 33.1. The Morgan fingerprint density at radius 3 is 2.79 bits per heavy atom. The molecule has 8 nitrogen and oxygen atoms in total. The van der Waals surface area contributed by atoms with Gasteiger partial charge in [-0.15, -0.1) is 4.40 Å². The number of Topliss-reactive ketones (excluding diaryl/α,β-unsaturated/α-hetero) is 1. The number of benzene rings is 1. The number of fused-ring (bicyclic) bond motifs is 1. The van der Waals surface area contributed by atoms with Crippen LogP contribution in [0.25, 0.3) is 0 Å². The lowest BCUT2D eigenvalue weighted by Crippen LogP contribution is -2.28. The van der Waals surface area contributed by atoms with Gasteiger partial charge in [0.15, 0.2) is 5.78 Å². The van der Waals surface area contributed by atoms with Crippen molar-refractivity contribution in [3.63, 3.8) is 0 Å². The zero-order chi connectivity index (χ0) is 21.2. The SMILES string of the molecule is CNc1cc(C(=O)CC(C)(C)COc2cccc3c2C(N)=NS(=O)(=O)C3)ccn1. The van der Waals surface area contributed by atoms with E-state index >= 15 is 0 Å². The zero-order valence-electron chi connectivity index (χ0n) is 16.6. The number of anilines is 1. The summed E-state index contributed by atoms with van der Waals surface area (Å²) in [5.74, 6) is 0.788. The maximum atomic E-state index is 12.7. The van der Waals surface area contributed by atoms with E-state index in [9.17, 15) is 13.2 Å². The number of hydrogen-bond acceptors (Lipinski definition) is 7. The number of nitrogens with zero attached hydrogens (tertiary/aromatic N) is 2. The Kier molecular flexibility index (Phi) is 5.61. The monoisotopic (exact) mass is 416 g/mol. The molecule has 29 heavy (non-hydrogen) atoms. The lowest BCUT2D eigenvalue weighted by Gasteiger charge is -2.26. The topological polar surface area (TPSA) is 124 Å². The minimum Gasteiger partial charge on any atom is -0.492 e. The van der Waals surface area contributed by atoms with Gasteiger partial charge in [-0.2, -0.15) is 0 Å². The highest BCUT2D eigenvalue weighted by Gasteiger charge is 2.28. The number of nitrogens with one attached hydrogen (secondary N) is 1. The number of carbonyl (C=O) groups excluding carboxylic acids is 1. The highest BCUT2D eigenvalue weighted by atomic mass is 32.2. The number of nitrogens with two attached hydrogens (primary N) is 1. The maximum Gasteiger partial charge on any atom is 0.259 e. The number of aromatic nitrogens is 1. The molecule has 3 N–H and O–H groups in total. The highest BCUT2D eigenvalue weighted by Crippen LogP contribution is 2.31. The first-order chi connectivity index (χ1) is 13.6. The van der Waals surface area contributed by atoms with Gasteiger partial charge in [0, 0.05) is 30.6 Å². The molecule has 1 aliphatic heterocycles. The normalized spacial score (nSPS) is 15.2. The van der Waals surface area contributed by atoms with E-state index in [1.54, 1.807) is 43.6 Å². The molecule has 154 valence electrons. The highest BCUT2D eigenvalue weighted by molar-refractivity contribution is 7.89. The van der Waals surface area contributed by atoms with Crippen LogP contribution in [0.15, 0.2) is 40.9 Å². The van der Waals surface area contributed by atoms with Gasteiger partial charge in [-0.05, 0) is 23.8 Å². The summed E-state index contributed by atoms with van der Waals surface area (Å²) in [6, 6.07) is 8.53. The smallest absolute Gasteiger partial charge is 0.259 e. The number of amidine groups is 1. The van der Waals surface area contributed by atoms with Gasteiger partial charge in [-0.25, -0.2) is 13.4 Å². The first kappa shape index (κ1) is 20.8. The average molecular weight is 417 g/mol. The predicted octanol–water partition coefficient (Wildman–Crippen LogP) is 2.35. The second-order valence-corrected chi connectivity index (χ2v) is 9.36. The molecule has 0 fully saturated rings. The third kappa shape index (κ3) is 4.92. The molecule has 1 aromatic heterocycles. The molecule has 0 atom stereocenters. The quantitative estimate of drug-likeness (QED) is 0.664. The van der Waals surface area contributed by atoms with Gasteiger partial charge in [0.1, 0.15) is 17.4 Å². The third-order valence-electron chi connectivity index (χ3n) is 4.54. The Morgan fingerprint density at radius 2 is 2.07 bits per heavy atom. The molecule has 9 heteroatoms. The molecule has 0 spiro atoms. The van der Waals surface area contributed by atoms with Crippen molar-refractivity contribution in [3.05, 3.63) is 53.2 Å². The lowest BCUT2D eigenvalue weighted by molar-refractivity contribution is 0.0879. The second-order valence-electron chi connectivity index (χ2n) is 7.73. The summed E-state index contributed by atoms with van der Waals surface area (Å²) in [4.78, 5) is 16.8. The first-order valence-corrected chi connectivity index (χ1v) is 10.7. The molecule has 1 aromatic carbocycles. The van der Waals surface area contributed by atoms with Crippen LogP contribution >= 0.6 is 0 Å². The Bertz CT molecular complexity index is 1080. The summed E-state index contributed by atoms with van der Waals surface area (Å²) in [6.45, 7) is 4.12. The van der Waals surface area contributed by atoms with Crippen LogP contribution in [0.3, 0.4) is 0 Å². The number of ether oxygens (including phenoxy) is 1. The van der Waals surface area contributed by atoms with Crippen molar-refractivity contribution >= 4 is 27.5 Å². The fraction of sp³-hybridized carbons (Fsp3) is 0.350. The third-order valence-corrected chi connectivity index (χ3v) is 5.69. The number of sulfonamides is 1. The van der Waals surface area contributed by atoms with Crippen molar-refractivity contribution in [2.24, 2.45) is 15.5 Å². The molecule has 0 saturated carbocycles. The van der Waals surface area contributed by atoms with Crippen molar-refractivity contribution < 1.29 is 17.9 Å². The van der Waals surface area contributed by atoms with Crippen LogP contribution in [-0.2, 0) is 15.8 Å². The molecule has 0 radical (unpaired) electrons. The van der Waals surface area contributed by atoms with Crippen molar-refractivity contribution in [1.29, 1.82) is 0 Å². The van der Waals surface area contributed by atoms with Crippen molar-refractivity contribution in [2.45, 2.75) is 26.0 Å². The summed E-state index contributed by atoms with van der Waals surface area (Å²) in [5, 5.41) is 2.92. The summed E-state index contributed by atoms with van der Waals surface area (Å²) >= 11 is 0.